The van der Waals surface area contributed by atoms with Crippen molar-refractivity contribution < 1.29 is 0 Å². The molecule has 13 heteroatoms. The first-order chi connectivity index (χ1) is 14.0. The van der Waals surface area contributed by atoms with Crippen LogP contribution in [0, 0.1) is 0 Å². The number of thioether (sulfide) groups is 3. The number of likely N-dealkylation sites (N-methyl/N-ethyl adjacent to an activating group) is 2. The molecule has 0 bridgehead atoms. The molecule has 0 fully saturated rings. The lowest BCUT2D eigenvalue weighted by atomic mass is 10.6. The van der Waals surface area contributed by atoms with Crippen LogP contribution in [0.25, 0.3) is 0 Å². The summed E-state index contributed by atoms with van der Waals surface area (Å²) in [6.45, 7) is 3.68. The van der Waals surface area contributed by atoms with Gasteiger partial charge in [-0.2, -0.15) is 11.8 Å². The van der Waals surface area contributed by atoms with E-state index in [9.17, 15) is 0 Å². The lowest BCUT2D eigenvalue weighted by Crippen LogP contribution is -2.44. The molecule has 0 aliphatic carbocycles. The molecule has 1 aromatic heterocycles. The summed E-state index contributed by atoms with van der Waals surface area (Å²) in [6, 6.07) is 0. The zero-order valence-electron chi connectivity index (χ0n) is 18.1. The summed E-state index contributed by atoms with van der Waals surface area (Å²) in [5.41, 5.74) is 3.25. The summed E-state index contributed by atoms with van der Waals surface area (Å²) in [6.07, 6.45) is 1.17. The van der Waals surface area contributed by atoms with Gasteiger partial charge in [-0.15, -0.1) is 15.7 Å². The normalized spacial score (nSPS) is 14.5. The smallest absolute Gasteiger partial charge is 0.209 e. The van der Waals surface area contributed by atoms with Gasteiger partial charge in [-0.1, -0.05) is 23.5 Å². The Morgan fingerprint density at radius 1 is 0.931 bits per heavy atom. The van der Waals surface area contributed by atoms with Crippen LogP contribution in [-0.4, -0.2) is 123 Å². The number of nitrogens with one attached hydrogen (secondary N) is 1. The molecule has 29 heavy (non-hydrogen) atoms. The zero-order chi connectivity index (χ0) is 21.1. The van der Waals surface area contributed by atoms with E-state index >= 15 is 0 Å². The topological polar surface area (TPSA) is 81.0 Å². The summed E-state index contributed by atoms with van der Waals surface area (Å²) in [4.78, 5) is 4.31. The zero-order valence-corrected chi connectivity index (χ0v) is 20.6. The Balaban J connectivity index is 1.53. The molecule has 0 radical (unpaired) electrons. The summed E-state index contributed by atoms with van der Waals surface area (Å²) in [5.74, 6) is 4.37. The lowest BCUT2D eigenvalue weighted by molar-refractivity contribution is 0.138. The van der Waals surface area contributed by atoms with Crippen molar-refractivity contribution in [2.45, 2.75) is 18.1 Å². The SMILES string of the molecule is CN(C)CCN1NN(C)N=C1SCCCSCCSc1nnnn1CCN(C)C. The van der Waals surface area contributed by atoms with Crippen LogP contribution < -0.4 is 5.53 Å². The van der Waals surface area contributed by atoms with Crippen LogP contribution in [0.3, 0.4) is 0 Å². The van der Waals surface area contributed by atoms with Crippen molar-refractivity contribution in [1.82, 2.24) is 45.7 Å². The summed E-state index contributed by atoms with van der Waals surface area (Å²) in [7, 11) is 10.2. The van der Waals surface area contributed by atoms with E-state index in [4.69, 9.17) is 0 Å². The Bertz CT molecular complexity index is 610. The van der Waals surface area contributed by atoms with Crippen LogP contribution in [0.15, 0.2) is 10.3 Å². The maximum Gasteiger partial charge on any atom is 0.209 e. The van der Waals surface area contributed by atoms with E-state index in [1.807, 2.05) is 35.3 Å². The fraction of sp³-hybridized carbons (Fsp3) is 0.875. The van der Waals surface area contributed by atoms with Crippen LogP contribution in [0.5, 0.6) is 0 Å². The Morgan fingerprint density at radius 2 is 1.69 bits per heavy atom. The molecule has 0 atom stereocenters. The van der Waals surface area contributed by atoms with E-state index in [0.29, 0.717) is 0 Å². The molecule has 10 nitrogen and oxygen atoms in total. The van der Waals surface area contributed by atoms with Gasteiger partial charge in [0.25, 0.3) is 0 Å². The van der Waals surface area contributed by atoms with E-state index < -0.39 is 0 Å². The van der Waals surface area contributed by atoms with Crippen molar-refractivity contribution in [3.05, 3.63) is 0 Å². The molecule has 0 saturated carbocycles. The second-order valence-corrected chi connectivity index (χ2v) is 10.5. The Hall–Kier alpha value is -0.730. The minimum atomic E-state index is 0.826. The van der Waals surface area contributed by atoms with Crippen LogP contribution in [0.2, 0.25) is 0 Å². The fourth-order valence-electron chi connectivity index (χ4n) is 2.33. The number of tetrazole rings is 1. The first kappa shape index (κ1) is 24.5. The molecular formula is C16H34N10S3. The van der Waals surface area contributed by atoms with E-state index in [1.165, 1.54) is 6.42 Å². The number of rotatable bonds is 14. The molecule has 0 amide bonds. The first-order valence-corrected chi connectivity index (χ1v) is 12.8. The number of hydrazine groups is 2. The van der Waals surface area contributed by atoms with Gasteiger partial charge in [-0.05, 0) is 50.8 Å². The van der Waals surface area contributed by atoms with E-state index in [2.05, 4.69) is 69.2 Å². The molecule has 0 saturated heterocycles. The van der Waals surface area contributed by atoms with Crippen LogP contribution in [0.1, 0.15) is 6.42 Å². The Morgan fingerprint density at radius 3 is 2.45 bits per heavy atom. The van der Waals surface area contributed by atoms with Gasteiger partial charge in [0.15, 0.2) is 0 Å². The average Bonchev–Trinajstić information content (AvgIpc) is 3.26. The van der Waals surface area contributed by atoms with Crippen LogP contribution in [0.4, 0.5) is 0 Å². The number of nitrogens with zero attached hydrogens (tertiary/aromatic N) is 9. The number of hydrazone groups is 1. The molecule has 2 rings (SSSR count). The average molecular weight is 463 g/mol. The quantitative estimate of drug-likeness (QED) is 0.313. The second kappa shape index (κ2) is 13.5. The highest BCUT2D eigenvalue weighted by Crippen LogP contribution is 2.18. The number of hydrogen-bond acceptors (Lipinski definition) is 12. The molecule has 1 aliphatic heterocycles. The van der Waals surface area contributed by atoms with Crippen LogP contribution in [-0.2, 0) is 6.54 Å². The molecule has 1 aromatic rings. The van der Waals surface area contributed by atoms with Crippen LogP contribution >= 0.6 is 35.3 Å². The van der Waals surface area contributed by atoms with Gasteiger partial charge in [0.1, 0.15) is 0 Å². The number of hydrogen-bond donors (Lipinski definition) is 1. The van der Waals surface area contributed by atoms with Gasteiger partial charge < -0.3 is 9.80 Å². The van der Waals surface area contributed by atoms with Crippen molar-refractivity contribution in [1.29, 1.82) is 0 Å². The van der Waals surface area contributed by atoms with E-state index in [1.54, 1.807) is 16.9 Å². The molecule has 0 aromatic carbocycles. The maximum absolute atomic E-state index is 4.53. The highest BCUT2D eigenvalue weighted by Gasteiger charge is 2.20. The van der Waals surface area contributed by atoms with Gasteiger partial charge in [-0.3, -0.25) is 5.01 Å². The van der Waals surface area contributed by atoms with Crippen molar-refractivity contribution >= 4 is 40.5 Å². The predicted molar refractivity (Wildman–Crippen MR) is 125 cm³/mol. The van der Waals surface area contributed by atoms with Gasteiger partial charge in [0, 0.05) is 37.4 Å². The highest BCUT2D eigenvalue weighted by atomic mass is 32.2. The third-order valence-electron chi connectivity index (χ3n) is 3.88. The molecule has 0 spiro atoms. The van der Waals surface area contributed by atoms with Gasteiger partial charge in [0.2, 0.25) is 10.3 Å². The highest BCUT2D eigenvalue weighted by molar-refractivity contribution is 8.13. The number of aromatic nitrogens is 4. The first-order valence-electron chi connectivity index (χ1n) is 9.71. The standard InChI is InChI=1S/C16H34N10S3/c1-22(2)7-9-25-15(17-19-20-25)29-14-13-27-11-6-12-28-16-18-24(5)21-26(16)10-8-23(3)4/h21H,6-14H2,1-5H3. The summed E-state index contributed by atoms with van der Waals surface area (Å²) >= 11 is 5.55. The largest absolute Gasteiger partial charge is 0.308 e. The molecule has 1 N–H and O–H groups in total. The van der Waals surface area contributed by atoms with Gasteiger partial charge in [-0.25, -0.2) is 9.80 Å². The van der Waals surface area contributed by atoms with Crippen molar-refractivity contribution in [2.75, 3.05) is 77.9 Å². The maximum atomic E-state index is 4.53. The van der Waals surface area contributed by atoms with Crippen molar-refractivity contribution in [2.24, 2.45) is 5.10 Å². The van der Waals surface area contributed by atoms with Crippen molar-refractivity contribution in [3.8, 4) is 0 Å². The second-order valence-electron chi connectivity index (χ2n) is 7.11. The molecule has 2 heterocycles. The Kier molecular flexibility index (Phi) is 11.5. The van der Waals surface area contributed by atoms with E-state index in [0.717, 1.165) is 59.5 Å². The van der Waals surface area contributed by atoms with Gasteiger partial charge in [0.05, 0.1) is 13.1 Å². The third kappa shape index (κ3) is 9.75. The molecule has 0 unspecified atom stereocenters. The predicted octanol–water partition coefficient (Wildman–Crippen LogP) is 0.683. The number of amidine groups is 1. The molecule has 1 aliphatic rings. The third-order valence-corrected chi connectivity index (χ3v) is 7.22. The Labute approximate surface area is 187 Å². The summed E-state index contributed by atoms with van der Waals surface area (Å²) < 4.78 is 1.89. The minimum Gasteiger partial charge on any atom is -0.308 e. The van der Waals surface area contributed by atoms with Gasteiger partial charge >= 0.3 is 0 Å². The lowest BCUT2D eigenvalue weighted by Gasteiger charge is -2.22. The monoisotopic (exact) mass is 462 g/mol. The fourth-order valence-corrected chi connectivity index (χ4v) is 5.36. The molecule has 166 valence electrons. The van der Waals surface area contributed by atoms with E-state index in [-0.39, 0.29) is 0 Å². The summed E-state index contributed by atoms with van der Waals surface area (Å²) in [5, 5.41) is 22.4. The molecular weight excluding hydrogens is 428 g/mol. The minimum absolute atomic E-state index is 0.826. The van der Waals surface area contributed by atoms with Crippen molar-refractivity contribution in [3.63, 3.8) is 0 Å².